The Kier molecular flexibility index (Phi) is 5.64. The summed E-state index contributed by atoms with van der Waals surface area (Å²) in [7, 11) is -3.87. The second kappa shape index (κ2) is 8.19. The van der Waals surface area contributed by atoms with E-state index in [1.54, 1.807) is 24.3 Å². The number of carbonyl (C=O) groups is 1. The molecule has 0 aliphatic heterocycles. The molecule has 2 N–H and O–H groups in total. The van der Waals surface area contributed by atoms with E-state index < -0.39 is 15.9 Å². The number of hydrogen-bond acceptors (Lipinski definition) is 6. The minimum absolute atomic E-state index is 0.0827. The van der Waals surface area contributed by atoms with Gasteiger partial charge in [0.2, 0.25) is 9.47 Å². The number of amides is 1. The molecule has 2 aromatic carbocycles. The van der Waals surface area contributed by atoms with Crippen molar-refractivity contribution in [2.45, 2.75) is 29.6 Å². The van der Waals surface area contributed by atoms with Crippen LogP contribution in [0.3, 0.4) is 0 Å². The predicted molar refractivity (Wildman–Crippen MR) is 112 cm³/mol. The molecular weight excluding hydrogens is 432 g/mol. The van der Waals surface area contributed by atoms with Gasteiger partial charge in [0.1, 0.15) is 0 Å². The number of carbonyl (C=O) groups excluding carboxylic acids is 1. The number of fused-ring (bicyclic) bond motifs is 1. The molecule has 0 fully saturated rings. The van der Waals surface area contributed by atoms with Crippen LogP contribution in [0.5, 0.6) is 0 Å². The summed E-state index contributed by atoms with van der Waals surface area (Å²) >= 11 is 6.80. The fourth-order valence-electron chi connectivity index (χ4n) is 3.29. The molecule has 1 aliphatic rings. The number of nitrogens with one attached hydrogen (secondary N) is 2. The van der Waals surface area contributed by atoms with Crippen molar-refractivity contribution in [2.75, 3.05) is 5.32 Å². The van der Waals surface area contributed by atoms with Crippen LogP contribution >= 0.6 is 22.9 Å². The first-order valence-electron chi connectivity index (χ1n) is 8.93. The molecule has 1 atom stereocenters. The summed E-state index contributed by atoms with van der Waals surface area (Å²) in [6, 6.07) is 14.1. The van der Waals surface area contributed by atoms with Crippen molar-refractivity contribution in [1.29, 1.82) is 0 Å². The van der Waals surface area contributed by atoms with E-state index in [9.17, 15) is 13.2 Å². The van der Waals surface area contributed by atoms with Gasteiger partial charge in [0.25, 0.3) is 15.9 Å². The summed E-state index contributed by atoms with van der Waals surface area (Å²) in [4.78, 5) is 12.3. The second-order valence-corrected chi connectivity index (χ2v) is 9.84. The lowest BCUT2D eigenvalue weighted by atomic mass is 9.88. The highest BCUT2D eigenvalue weighted by molar-refractivity contribution is 7.91. The molecule has 3 aromatic rings. The van der Waals surface area contributed by atoms with Crippen LogP contribution in [0, 0.1) is 0 Å². The number of hydrogen-bond donors (Lipinski definition) is 2. The number of benzene rings is 2. The number of anilines is 1. The Labute approximate surface area is 177 Å². The summed E-state index contributed by atoms with van der Waals surface area (Å²) < 4.78 is 28.1. The second-order valence-electron chi connectivity index (χ2n) is 6.57. The molecule has 0 bridgehead atoms. The molecule has 1 amide bonds. The highest BCUT2D eigenvalue weighted by Crippen LogP contribution is 2.31. The van der Waals surface area contributed by atoms with Crippen LogP contribution in [0.15, 0.2) is 52.9 Å². The lowest BCUT2D eigenvalue weighted by Crippen LogP contribution is -2.31. The molecule has 1 heterocycles. The Morgan fingerprint density at radius 3 is 2.69 bits per heavy atom. The van der Waals surface area contributed by atoms with Gasteiger partial charge in [0, 0.05) is 6.04 Å². The Balaban J connectivity index is 1.50. The van der Waals surface area contributed by atoms with Gasteiger partial charge in [-0.1, -0.05) is 59.3 Å². The molecular formula is C19H17ClN4O3S2. The summed E-state index contributed by atoms with van der Waals surface area (Å²) in [5.41, 5.74) is 2.40. The average Bonchev–Trinajstić information content (AvgIpc) is 3.18. The number of aromatic nitrogens is 2. The van der Waals surface area contributed by atoms with E-state index in [-0.39, 0.29) is 21.1 Å². The zero-order chi connectivity index (χ0) is 20.4. The van der Waals surface area contributed by atoms with Gasteiger partial charge < -0.3 is 0 Å². The maximum absolute atomic E-state index is 12.8. The Bertz CT molecular complexity index is 1160. The molecule has 0 spiro atoms. The molecule has 0 saturated carbocycles. The van der Waals surface area contributed by atoms with Gasteiger partial charge in [-0.05, 0) is 42.5 Å². The van der Waals surface area contributed by atoms with Crippen LogP contribution in [-0.2, 0) is 16.4 Å². The average molecular weight is 449 g/mol. The predicted octanol–water partition coefficient (Wildman–Crippen LogP) is 3.80. The molecule has 7 nitrogen and oxygen atoms in total. The monoisotopic (exact) mass is 448 g/mol. The molecule has 1 aliphatic carbocycles. The van der Waals surface area contributed by atoms with Crippen LogP contribution < -0.4 is 10.0 Å². The quantitative estimate of drug-likeness (QED) is 0.578. The number of aryl methyl sites for hydroxylation is 1. The van der Waals surface area contributed by atoms with Gasteiger partial charge in [-0.3, -0.25) is 10.1 Å². The number of nitrogens with zero attached hydrogens (tertiary/aromatic N) is 2. The molecule has 150 valence electrons. The van der Waals surface area contributed by atoms with Crippen molar-refractivity contribution >= 4 is 44.0 Å². The lowest BCUT2D eigenvalue weighted by molar-refractivity contribution is 0.102. The summed E-state index contributed by atoms with van der Waals surface area (Å²) in [5.74, 6) is -0.482. The van der Waals surface area contributed by atoms with Gasteiger partial charge >= 0.3 is 0 Å². The topological polar surface area (TPSA) is 101 Å². The maximum Gasteiger partial charge on any atom is 0.270 e. The van der Waals surface area contributed by atoms with Crippen LogP contribution in [0.25, 0.3) is 0 Å². The largest absolute Gasteiger partial charge is 0.296 e. The summed E-state index contributed by atoms with van der Waals surface area (Å²) in [5, 5.41) is 10.5. The third kappa shape index (κ3) is 4.32. The van der Waals surface area contributed by atoms with E-state index in [0.29, 0.717) is 11.4 Å². The fraction of sp³-hybridized carbons (Fsp3) is 0.211. The van der Waals surface area contributed by atoms with Gasteiger partial charge in [-0.25, -0.2) is 13.1 Å². The molecule has 4 rings (SSSR count). The van der Waals surface area contributed by atoms with E-state index in [1.807, 2.05) is 24.3 Å². The highest BCUT2D eigenvalue weighted by atomic mass is 35.5. The van der Waals surface area contributed by atoms with Gasteiger partial charge in [-0.2, -0.15) is 0 Å². The van der Waals surface area contributed by atoms with Gasteiger partial charge in [0.15, 0.2) is 0 Å². The third-order valence-corrected chi connectivity index (χ3v) is 7.65. The van der Waals surface area contributed by atoms with E-state index in [2.05, 4.69) is 20.2 Å². The van der Waals surface area contributed by atoms with Crippen LogP contribution in [-0.4, -0.2) is 24.5 Å². The minimum Gasteiger partial charge on any atom is -0.296 e. The lowest BCUT2D eigenvalue weighted by Gasteiger charge is -2.25. The molecule has 10 heteroatoms. The smallest absolute Gasteiger partial charge is 0.270 e. The third-order valence-electron chi connectivity index (χ3n) is 4.64. The SMILES string of the molecule is O=C(Nc1nnc(S(=O)(=O)NC2CCCc3ccccc32)s1)c1ccccc1Cl. The highest BCUT2D eigenvalue weighted by Gasteiger charge is 2.28. The van der Waals surface area contributed by atoms with Crippen molar-refractivity contribution in [3.05, 3.63) is 70.2 Å². The Hall–Kier alpha value is -2.33. The van der Waals surface area contributed by atoms with Crippen molar-refractivity contribution in [2.24, 2.45) is 0 Å². The van der Waals surface area contributed by atoms with Crippen molar-refractivity contribution in [3.8, 4) is 0 Å². The van der Waals surface area contributed by atoms with Crippen LogP contribution in [0.1, 0.15) is 40.4 Å². The Morgan fingerprint density at radius 1 is 1.10 bits per heavy atom. The van der Waals surface area contributed by atoms with Crippen LogP contribution in [0.2, 0.25) is 5.02 Å². The van der Waals surface area contributed by atoms with E-state index in [4.69, 9.17) is 11.6 Å². The minimum atomic E-state index is -3.87. The van der Waals surface area contributed by atoms with Gasteiger partial charge in [0.05, 0.1) is 10.6 Å². The molecule has 0 saturated heterocycles. The van der Waals surface area contributed by atoms with E-state index in [1.165, 1.54) is 0 Å². The molecule has 1 unspecified atom stereocenters. The molecule has 0 radical (unpaired) electrons. The van der Waals surface area contributed by atoms with Crippen LogP contribution in [0.4, 0.5) is 5.13 Å². The summed E-state index contributed by atoms with van der Waals surface area (Å²) in [6.07, 6.45) is 2.55. The number of sulfonamides is 1. The first kappa shape index (κ1) is 20.0. The van der Waals surface area contributed by atoms with Crippen molar-refractivity contribution in [1.82, 2.24) is 14.9 Å². The van der Waals surface area contributed by atoms with E-state index >= 15 is 0 Å². The zero-order valence-electron chi connectivity index (χ0n) is 15.1. The fourth-order valence-corrected chi connectivity index (χ4v) is 5.68. The van der Waals surface area contributed by atoms with E-state index in [0.717, 1.165) is 35.3 Å². The normalized spacial score (nSPS) is 16.2. The Morgan fingerprint density at radius 2 is 1.86 bits per heavy atom. The van der Waals surface area contributed by atoms with Crippen molar-refractivity contribution < 1.29 is 13.2 Å². The zero-order valence-corrected chi connectivity index (χ0v) is 17.5. The number of rotatable bonds is 5. The van der Waals surface area contributed by atoms with Crippen molar-refractivity contribution in [3.63, 3.8) is 0 Å². The first-order valence-corrected chi connectivity index (χ1v) is 11.6. The first-order chi connectivity index (χ1) is 13.9. The molecule has 1 aromatic heterocycles. The standard InChI is InChI=1S/C19H17ClN4O3S2/c20-15-10-4-3-9-14(15)17(25)21-18-22-23-19(28-18)29(26,27)24-16-11-5-7-12-6-1-2-8-13(12)16/h1-4,6,8-10,16,24H,5,7,11H2,(H,21,22,25). The molecule has 29 heavy (non-hydrogen) atoms. The maximum atomic E-state index is 12.8. The number of halogens is 1. The van der Waals surface area contributed by atoms with Gasteiger partial charge in [-0.15, -0.1) is 10.2 Å². The summed E-state index contributed by atoms with van der Waals surface area (Å²) in [6.45, 7) is 0.